The molecule has 21 heavy (non-hydrogen) atoms. The summed E-state index contributed by atoms with van der Waals surface area (Å²) in [5.41, 5.74) is 4.94. The van der Waals surface area contributed by atoms with Gasteiger partial charge in [-0.15, -0.1) is 0 Å². The Labute approximate surface area is 130 Å². The van der Waals surface area contributed by atoms with E-state index in [1.54, 1.807) is 11.3 Å². The number of hydrogen-bond acceptors (Lipinski definition) is 4. The van der Waals surface area contributed by atoms with Crippen LogP contribution in [0.4, 0.5) is 0 Å². The van der Waals surface area contributed by atoms with Gasteiger partial charge in [0, 0.05) is 13.1 Å². The van der Waals surface area contributed by atoms with E-state index in [2.05, 4.69) is 29.1 Å². The fourth-order valence-electron chi connectivity index (χ4n) is 2.21. The van der Waals surface area contributed by atoms with E-state index in [1.807, 2.05) is 26.0 Å². The van der Waals surface area contributed by atoms with Crippen LogP contribution in [-0.2, 0) is 6.54 Å². The molecular formula is C17H23NO2S. The second-order valence-corrected chi connectivity index (χ2v) is 6.24. The molecule has 1 aromatic heterocycles. The number of hydrogen-bond donors (Lipinski definition) is 2. The van der Waals surface area contributed by atoms with E-state index in [-0.39, 0.29) is 0 Å². The number of aliphatic hydroxyl groups is 1. The fourth-order valence-corrected chi connectivity index (χ4v) is 3.07. The summed E-state index contributed by atoms with van der Waals surface area (Å²) in [6.07, 6.45) is -0.509. The molecule has 4 heteroatoms. The third kappa shape index (κ3) is 5.16. The molecule has 0 bridgehead atoms. The summed E-state index contributed by atoms with van der Waals surface area (Å²) in [6, 6.07) is 6.08. The Morgan fingerprint density at radius 1 is 1.14 bits per heavy atom. The largest absolute Gasteiger partial charge is 0.491 e. The van der Waals surface area contributed by atoms with Gasteiger partial charge in [0.2, 0.25) is 0 Å². The van der Waals surface area contributed by atoms with E-state index < -0.39 is 6.10 Å². The van der Waals surface area contributed by atoms with Gasteiger partial charge in [-0.25, -0.2) is 0 Å². The topological polar surface area (TPSA) is 41.5 Å². The predicted molar refractivity (Wildman–Crippen MR) is 88.2 cm³/mol. The van der Waals surface area contributed by atoms with E-state index in [0.717, 1.165) is 12.3 Å². The third-order valence-electron chi connectivity index (χ3n) is 3.29. The second-order valence-electron chi connectivity index (χ2n) is 5.50. The van der Waals surface area contributed by atoms with Crippen LogP contribution in [-0.4, -0.2) is 24.4 Å². The Balaban J connectivity index is 1.72. The summed E-state index contributed by atoms with van der Waals surface area (Å²) in [5.74, 6) is 0.820. The van der Waals surface area contributed by atoms with Crippen molar-refractivity contribution in [1.82, 2.24) is 5.32 Å². The molecular weight excluding hydrogens is 282 g/mol. The molecule has 114 valence electrons. The summed E-state index contributed by atoms with van der Waals surface area (Å²) in [6.45, 7) is 7.81. The zero-order valence-electron chi connectivity index (χ0n) is 12.8. The summed E-state index contributed by atoms with van der Waals surface area (Å²) in [4.78, 5) is 0. The van der Waals surface area contributed by atoms with Gasteiger partial charge < -0.3 is 15.2 Å². The van der Waals surface area contributed by atoms with Gasteiger partial charge in [-0.3, -0.25) is 0 Å². The highest BCUT2D eigenvalue weighted by Gasteiger charge is 2.06. The zero-order chi connectivity index (χ0) is 15.2. The van der Waals surface area contributed by atoms with Crippen LogP contribution in [0.1, 0.15) is 22.3 Å². The second kappa shape index (κ2) is 7.59. The van der Waals surface area contributed by atoms with Gasteiger partial charge in [-0.2, -0.15) is 11.3 Å². The van der Waals surface area contributed by atoms with Crippen molar-refractivity contribution in [3.05, 3.63) is 51.2 Å². The Morgan fingerprint density at radius 3 is 2.48 bits per heavy atom. The number of aliphatic hydroxyl groups excluding tert-OH is 1. The molecule has 0 saturated carbocycles. The average molecular weight is 305 g/mol. The lowest BCUT2D eigenvalue weighted by Gasteiger charge is -2.14. The van der Waals surface area contributed by atoms with Gasteiger partial charge in [0.05, 0.1) is 0 Å². The molecule has 1 aromatic carbocycles. The Kier molecular flexibility index (Phi) is 5.79. The molecule has 0 fully saturated rings. The van der Waals surface area contributed by atoms with Crippen molar-refractivity contribution in [2.24, 2.45) is 0 Å². The van der Waals surface area contributed by atoms with Crippen molar-refractivity contribution in [1.29, 1.82) is 0 Å². The van der Waals surface area contributed by atoms with Gasteiger partial charge in [-0.05, 0) is 65.9 Å². The van der Waals surface area contributed by atoms with Crippen LogP contribution in [0.25, 0.3) is 0 Å². The number of aryl methyl sites for hydroxylation is 3. The van der Waals surface area contributed by atoms with E-state index in [9.17, 15) is 5.11 Å². The first-order chi connectivity index (χ1) is 10.0. The van der Waals surface area contributed by atoms with Gasteiger partial charge in [0.1, 0.15) is 18.5 Å². The minimum Gasteiger partial charge on any atom is -0.491 e. The highest BCUT2D eigenvalue weighted by Crippen LogP contribution is 2.16. The average Bonchev–Trinajstić information content (AvgIpc) is 2.81. The van der Waals surface area contributed by atoms with Crippen molar-refractivity contribution in [2.45, 2.75) is 33.4 Å². The normalized spacial score (nSPS) is 12.4. The van der Waals surface area contributed by atoms with Crippen LogP contribution >= 0.6 is 11.3 Å². The van der Waals surface area contributed by atoms with Crippen molar-refractivity contribution in [3.8, 4) is 5.75 Å². The van der Waals surface area contributed by atoms with Crippen LogP contribution < -0.4 is 10.1 Å². The summed E-state index contributed by atoms with van der Waals surface area (Å²) < 4.78 is 5.65. The van der Waals surface area contributed by atoms with E-state index in [4.69, 9.17) is 4.74 Å². The van der Waals surface area contributed by atoms with Crippen molar-refractivity contribution in [3.63, 3.8) is 0 Å². The van der Waals surface area contributed by atoms with Crippen LogP contribution in [0.5, 0.6) is 5.75 Å². The van der Waals surface area contributed by atoms with E-state index in [0.29, 0.717) is 13.2 Å². The third-order valence-corrected chi connectivity index (χ3v) is 4.20. The first kappa shape index (κ1) is 16.0. The Hall–Kier alpha value is -1.36. The Bertz CT molecular complexity index is 560. The minimum absolute atomic E-state index is 0.304. The molecule has 0 saturated heterocycles. The van der Waals surface area contributed by atoms with Gasteiger partial charge in [0.15, 0.2) is 0 Å². The maximum atomic E-state index is 9.96. The molecule has 0 aliphatic heterocycles. The maximum Gasteiger partial charge on any atom is 0.119 e. The van der Waals surface area contributed by atoms with Gasteiger partial charge in [0.25, 0.3) is 0 Å². The number of ether oxygens (including phenoxy) is 1. The number of benzene rings is 1. The molecule has 3 nitrogen and oxygen atoms in total. The molecule has 0 aliphatic rings. The molecule has 1 atom stereocenters. The summed E-state index contributed by atoms with van der Waals surface area (Å²) in [5, 5.41) is 17.5. The highest BCUT2D eigenvalue weighted by molar-refractivity contribution is 7.08. The monoisotopic (exact) mass is 305 g/mol. The van der Waals surface area contributed by atoms with Crippen LogP contribution in [0.2, 0.25) is 0 Å². The first-order valence-corrected chi connectivity index (χ1v) is 8.10. The van der Waals surface area contributed by atoms with E-state index in [1.165, 1.54) is 22.3 Å². The van der Waals surface area contributed by atoms with Gasteiger partial charge in [-0.1, -0.05) is 6.07 Å². The van der Waals surface area contributed by atoms with Crippen LogP contribution in [0.15, 0.2) is 29.0 Å². The standard InChI is InChI=1S/C17H23NO2S/c1-12-4-13(2)6-17(5-12)20-9-16(19)8-18-7-15-11-21-10-14(15)3/h4-6,10-11,16,18-19H,7-9H2,1-3H3. The van der Waals surface area contributed by atoms with Crippen LogP contribution in [0, 0.1) is 20.8 Å². The Morgan fingerprint density at radius 2 is 1.86 bits per heavy atom. The highest BCUT2D eigenvalue weighted by atomic mass is 32.1. The lowest BCUT2D eigenvalue weighted by molar-refractivity contribution is 0.106. The SMILES string of the molecule is Cc1cc(C)cc(OCC(O)CNCc2cscc2C)c1. The number of nitrogens with one attached hydrogen (secondary N) is 1. The van der Waals surface area contributed by atoms with E-state index >= 15 is 0 Å². The summed E-state index contributed by atoms with van der Waals surface area (Å²) in [7, 11) is 0. The smallest absolute Gasteiger partial charge is 0.119 e. The molecule has 0 aliphatic carbocycles. The summed E-state index contributed by atoms with van der Waals surface area (Å²) >= 11 is 1.71. The number of thiophene rings is 1. The molecule has 0 spiro atoms. The van der Waals surface area contributed by atoms with Crippen molar-refractivity contribution < 1.29 is 9.84 Å². The first-order valence-electron chi connectivity index (χ1n) is 7.16. The fraction of sp³-hybridized carbons (Fsp3) is 0.412. The zero-order valence-corrected chi connectivity index (χ0v) is 13.7. The van der Waals surface area contributed by atoms with Gasteiger partial charge >= 0.3 is 0 Å². The molecule has 2 N–H and O–H groups in total. The lowest BCUT2D eigenvalue weighted by Crippen LogP contribution is -2.31. The minimum atomic E-state index is -0.509. The van der Waals surface area contributed by atoms with Crippen LogP contribution in [0.3, 0.4) is 0 Å². The quantitative estimate of drug-likeness (QED) is 0.825. The molecule has 0 radical (unpaired) electrons. The molecule has 1 unspecified atom stereocenters. The molecule has 0 amide bonds. The van der Waals surface area contributed by atoms with Crippen molar-refractivity contribution >= 4 is 11.3 Å². The molecule has 2 rings (SSSR count). The van der Waals surface area contributed by atoms with Crippen molar-refractivity contribution in [2.75, 3.05) is 13.2 Å². The predicted octanol–water partition coefficient (Wildman–Crippen LogP) is 3.20. The lowest BCUT2D eigenvalue weighted by atomic mass is 10.1. The number of rotatable bonds is 7. The maximum absolute atomic E-state index is 9.96. The molecule has 2 aromatic rings. The molecule has 1 heterocycles.